The molecule has 0 aliphatic carbocycles. The zero-order valence-corrected chi connectivity index (χ0v) is 9.21. The van der Waals surface area contributed by atoms with Crippen LogP contribution in [0, 0.1) is 0 Å². The molecule has 1 heterocycles. The fourth-order valence-electron chi connectivity index (χ4n) is 1.38. The summed E-state index contributed by atoms with van der Waals surface area (Å²) in [7, 11) is 0. The van der Waals surface area contributed by atoms with Crippen molar-refractivity contribution >= 4 is 11.9 Å². The fourth-order valence-corrected chi connectivity index (χ4v) is 1.38. The van der Waals surface area contributed by atoms with Crippen LogP contribution in [0.4, 0.5) is 13.2 Å². The van der Waals surface area contributed by atoms with Gasteiger partial charge in [-0.2, -0.15) is 18.3 Å². The van der Waals surface area contributed by atoms with Gasteiger partial charge in [0, 0.05) is 18.9 Å². The summed E-state index contributed by atoms with van der Waals surface area (Å²) in [6.07, 6.45) is -4.26. The Labute approximate surface area is 99.2 Å². The van der Waals surface area contributed by atoms with Crippen molar-refractivity contribution in [2.75, 3.05) is 0 Å². The average molecular weight is 265 g/mol. The van der Waals surface area contributed by atoms with E-state index in [1.807, 2.05) is 5.32 Å². The van der Waals surface area contributed by atoms with Gasteiger partial charge in [0.2, 0.25) is 5.91 Å². The number of aliphatic carboxylic acids is 1. The number of nitrogens with one attached hydrogen (secondary N) is 2. The lowest BCUT2D eigenvalue weighted by atomic mass is 10.1. The van der Waals surface area contributed by atoms with Gasteiger partial charge in [0.1, 0.15) is 11.7 Å². The highest BCUT2D eigenvalue weighted by molar-refractivity contribution is 5.82. The van der Waals surface area contributed by atoms with Gasteiger partial charge in [-0.25, -0.2) is 4.79 Å². The third-order valence-electron chi connectivity index (χ3n) is 2.10. The highest BCUT2D eigenvalue weighted by atomic mass is 19.4. The van der Waals surface area contributed by atoms with Crippen molar-refractivity contribution in [1.29, 1.82) is 0 Å². The molecule has 0 aromatic carbocycles. The second kappa shape index (κ2) is 5.07. The molecule has 0 fully saturated rings. The SMILES string of the molecule is CC(=O)N[C@@H](Cc1cn[nH]c1C(F)(F)F)C(=O)O. The summed E-state index contributed by atoms with van der Waals surface area (Å²) >= 11 is 0. The Bertz CT molecular complexity index is 455. The summed E-state index contributed by atoms with van der Waals surface area (Å²) in [4.78, 5) is 21.5. The highest BCUT2D eigenvalue weighted by Crippen LogP contribution is 2.30. The van der Waals surface area contributed by atoms with Crippen LogP contribution in [0.15, 0.2) is 6.20 Å². The van der Waals surface area contributed by atoms with E-state index < -0.39 is 36.2 Å². The summed E-state index contributed by atoms with van der Waals surface area (Å²) < 4.78 is 37.5. The van der Waals surface area contributed by atoms with E-state index in [9.17, 15) is 22.8 Å². The maximum Gasteiger partial charge on any atom is 0.433 e. The molecule has 0 saturated heterocycles. The van der Waals surface area contributed by atoms with Crippen LogP contribution in [0.2, 0.25) is 0 Å². The summed E-state index contributed by atoms with van der Waals surface area (Å²) in [5.74, 6) is -2.06. The van der Waals surface area contributed by atoms with Crippen molar-refractivity contribution in [2.24, 2.45) is 0 Å². The number of carboxylic acids is 1. The Kier molecular flexibility index (Phi) is 3.94. The van der Waals surface area contributed by atoms with Crippen LogP contribution in [-0.4, -0.2) is 33.2 Å². The molecule has 9 heteroatoms. The van der Waals surface area contributed by atoms with Gasteiger partial charge < -0.3 is 10.4 Å². The number of amides is 1. The van der Waals surface area contributed by atoms with Crippen molar-refractivity contribution in [3.8, 4) is 0 Å². The third-order valence-corrected chi connectivity index (χ3v) is 2.10. The minimum Gasteiger partial charge on any atom is -0.480 e. The fraction of sp³-hybridized carbons (Fsp3) is 0.444. The summed E-state index contributed by atoms with van der Waals surface area (Å²) in [5.41, 5.74) is -1.43. The third kappa shape index (κ3) is 3.47. The monoisotopic (exact) mass is 265 g/mol. The molecule has 1 amide bonds. The Morgan fingerprint density at radius 2 is 2.17 bits per heavy atom. The number of carbonyl (C=O) groups excluding carboxylic acids is 1. The van der Waals surface area contributed by atoms with E-state index in [1.54, 1.807) is 5.10 Å². The number of rotatable bonds is 4. The van der Waals surface area contributed by atoms with Gasteiger partial charge in [0.25, 0.3) is 0 Å². The van der Waals surface area contributed by atoms with E-state index in [2.05, 4.69) is 5.10 Å². The second-order valence-corrected chi connectivity index (χ2v) is 3.56. The Balaban J connectivity index is 2.91. The van der Waals surface area contributed by atoms with Crippen molar-refractivity contribution < 1.29 is 27.9 Å². The number of hydrogen-bond acceptors (Lipinski definition) is 3. The van der Waals surface area contributed by atoms with Gasteiger partial charge in [0.05, 0.1) is 6.20 Å². The Hall–Kier alpha value is -2.06. The molecule has 0 saturated carbocycles. The smallest absolute Gasteiger partial charge is 0.433 e. The molecule has 0 spiro atoms. The first-order valence-corrected chi connectivity index (χ1v) is 4.81. The van der Waals surface area contributed by atoms with Crippen LogP contribution in [0.3, 0.4) is 0 Å². The largest absolute Gasteiger partial charge is 0.480 e. The number of hydrogen-bond donors (Lipinski definition) is 3. The van der Waals surface area contributed by atoms with Gasteiger partial charge in [-0.1, -0.05) is 0 Å². The van der Waals surface area contributed by atoms with E-state index in [-0.39, 0.29) is 5.56 Å². The maximum atomic E-state index is 12.5. The van der Waals surface area contributed by atoms with E-state index in [1.165, 1.54) is 0 Å². The molecular formula is C9H10F3N3O3. The molecule has 18 heavy (non-hydrogen) atoms. The molecule has 0 radical (unpaired) electrons. The van der Waals surface area contributed by atoms with E-state index in [0.717, 1.165) is 13.1 Å². The number of carboxylic acid groups (broad SMARTS) is 1. The van der Waals surface area contributed by atoms with Crippen molar-refractivity contribution in [1.82, 2.24) is 15.5 Å². The predicted octanol–water partition coefficient (Wildman–Crippen LogP) is 0.560. The number of halogens is 3. The summed E-state index contributed by atoms with van der Waals surface area (Å²) in [6.45, 7) is 1.08. The minimum absolute atomic E-state index is 0.316. The first-order chi connectivity index (χ1) is 8.21. The molecule has 1 atom stereocenters. The number of carbonyl (C=O) groups is 2. The van der Waals surface area contributed by atoms with Crippen LogP contribution in [-0.2, 0) is 22.2 Å². The normalized spacial score (nSPS) is 13.1. The van der Waals surface area contributed by atoms with Gasteiger partial charge in [-0.05, 0) is 0 Å². The summed E-state index contributed by atoms with van der Waals surface area (Å²) in [6, 6.07) is -1.43. The second-order valence-electron chi connectivity index (χ2n) is 3.56. The number of aromatic nitrogens is 2. The molecule has 0 bridgehead atoms. The van der Waals surface area contributed by atoms with E-state index in [4.69, 9.17) is 5.11 Å². The van der Waals surface area contributed by atoms with E-state index >= 15 is 0 Å². The zero-order valence-electron chi connectivity index (χ0n) is 9.21. The molecular weight excluding hydrogens is 255 g/mol. The van der Waals surface area contributed by atoms with Crippen molar-refractivity contribution in [3.63, 3.8) is 0 Å². The Morgan fingerprint density at radius 1 is 1.56 bits per heavy atom. The number of H-pyrrole nitrogens is 1. The lowest BCUT2D eigenvalue weighted by molar-refractivity contribution is -0.144. The maximum absolute atomic E-state index is 12.5. The van der Waals surface area contributed by atoms with Crippen LogP contribution >= 0.6 is 0 Å². The summed E-state index contributed by atoms with van der Waals surface area (Å²) in [5, 5.41) is 15.8. The number of aromatic amines is 1. The highest BCUT2D eigenvalue weighted by Gasteiger charge is 2.36. The first-order valence-electron chi connectivity index (χ1n) is 4.81. The molecule has 3 N–H and O–H groups in total. The number of alkyl halides is 3. The lowest BCUT2D eigenvalue weighted by Gasteiger charge is -2.13. The van der Waals surface area contributed by atoms with Gasteiger partial charge in [-0.15, -0.1) is 0 Å². The van der Waals surface area contributed by atoms with Crippen LogP contribution in [0.5, 0.6) is 0 Å². The molecule has 6 nitrogen and oxygen atoms in total. The molecule has 0 aliphatic heterocycles. The average Bonchev–Trinajstić information content (AvgIpc) is 2.63. The quantitative estimate of drug-likeness (QED) is 0.741. The molecule has 1 aromatic heterocycles. The number of nitrogens with zero attached hydrogens (tertiary/aromatic N) is 1. The van der Waals surface area contributed by atoms with Gasteiger partial charge >= 0.3 is 12.1 Å². The zero-order chi connectivity index (χ0) is 13.9. The van der Waals surface area contributed by atoms with Crippen molar-refractivity contribution in [3.05, 3.63) is 17.5 Å². The predicted molar refractivity (Wildman–Crippen MR) is 52.5 cm³/mol. The van der Waals surface area contributed by atoms with Crippen LogP contribution in [0.1, 0.15) is 18.2 Å². The standard InChI is InChI=1S/C9H10F3N3O3/c1-4(16)14-6(8(17)18)2-5-3-13-15-7(5)9(10,11)12/h3,6H,2H2,1H3,(H,13,15)(H,14,16)(H,17,18)/t6-/m0/s1. The minimum atomic E-state index is -4.65. The molecule has 1 rings (SSSR count). The van der Waals surface area contributed by atoms with Crippen molar-refractivity contribution in [2.45, 2.75) is 25.6 Å². The van der Waals surface area contributed by atoms with Gasteiger partial charge in [0.15, 0.2) is 0 Å². The molecule has 100 valence electrons. The van der Waals surface area contributed by atoms with E-state index in [0.29, 0.717) is 0 Å². The van der Waals surface area contributed by atoms with Crippen LogP contribution in [0.25, 0.3) is 0 Å². The first kappa shape index (κ1) is 14.0. The molecule has 0 unspecified atom stereocenters. The molecule has 0 aliphatic rings. The van der Waals surface area contributed by atoms with Gasteiger partial charge in [-0.3, -0.25) is 9.89 Å². The molecule has 1 aromatic rings. The van der Waals surface area contributed by atoms with Crippen LogP contribution < -0.4 is 5.32 Å². The lowest BCUT2D eigenvalue weighted by Crippen LogP contribution is -2.41. The topological polar surface area (TPSA) is 95.1 Å². The Morgan fingerprint density at radius 3 is 2.61 bits per heavy atom.